The molecule has 0 amide bonds. The molecule has 0 spiro atoms. The number of hydrogen-bond acceptors (Lipinski definition) is 6. The van der Waals surface area contributed by atoms with Crippen molar-refractivity contribution in [3.8, 4) is 17.3 Å². The Morgan fingerprint density at radius 1 is 1.28 bits per heavy atom. The fourth-order valence-electron chi connectivity index (χ4n) is 1.56. The molecule has 0 atom stereocenters. The summed E-state index contributed by atoms with van der Waals surface area (Å²) in [7, 11) is 0. The van der Waals surface area contributed by atoms with Crippen molar-refractivity contribution >= 4 is 17.3 Å². The Morgan fingerprint density at radius 2 is 2.17 bits per heavy atom. The van der Waals surface area contributed by atoms with E-state index < -0.39 is 0 Å². The molecule has 0 bridgehead atoms. The van der Waals surface area contributed by atoms with Crippen molar-refractivity contribution in [2.24, 2.45) is 0 Å². The first-order valence-electron chi connectivity index (χ1n) is 5.29. The van der Waals surface area contributed by atoms with Crippen molar-refractivity contribution in [3.05, 3.63) is 34.8 Å². The van der Waals surface area contributed by atoms with Gasteiger partial charge in [-0.25, -0.2) is 4.68 Å². The lowest BCUT2D eigenvalue weighted by molar-refractivity contribution is 0.801. The van der Waals surface area contributed by atoms with Gasteiger partial charge in [-0.2, -0.15) is 20.1 Å². The number of aryl methyl sites for hydroxylation is 1. The maximum absolute atomic E-state index is 5.71. The van der Waals surface area contributed by atoms with Crippen LogP contribution in [0.1, 0.15) is 4.88 Å². The van der Waals surface area contributed by atoms with Gasteiger partial charge in [-0.3, -0.25) is 0 Å². The second kappa shape index (κ2) is 4.19. The largest absolute Gasteiger partial charge is 0.368 e. The lowest BCUT2D eigenvalue weighted by atomic mass is 10.3. The third kappa shape index (κ3) is 1.95. The predicted octanol–water partition coefficient (Wildman–Crippen LogP) is 1.68. The summed E-state index contributed by atoms with van der Waals surface area (Å²) in [6, 6.07) is 3.82. The van der Waals surface area contributed by atoms with Crippen LogP contribution in [-0.2, 0) is 0 Å². The molecule has 0 fully saturated rings. The van der Waals surface area contributed by atoms with E-state index in [1.54, 1.807) is 34.5 Å². The zero-order chi connectivity index (χ0) is 12.5. The van der Waals surface area contributed by atoms with E-state index in [2.05, 4.69) is 20.1 Å². The van der Waals surface area contributed by atoms with Crippen LogP contribution >= 0.6 is 11.3 Å². The van der Waals surface area contributed by atoms with Gasteiger partial charge in [0, 0.05) is 28.2 Å². The van der Waals surface area contributed by atoms with Crippen LogP contribution in [0.2, 0.25) is 0 Å². The molecule has 0 aliphatic carbocycles. The van der Waals surface area contributed by atoms with Gasteiger partial charge in [0.05, 0.1) is 0 Å². The van der Waals surface area contributed by atoms with Gasteiger partial charge in [0.2, 0.25) is 5.95 Å². The second-order valence-electron chi connectivity index (χ2n) is 3.71. The number of rotatable bonds is 2. The summed E-state index contributed by atoms with van der Waals surface area (Å²) in [5.41, 5.74) is 6.65. The van der Waals surface area contributed by atoms with Crippen LogP contribution in [-0.4, -0.2) is 24.7 Å². The Balaban J connectivity index is 2.11. The van der Waals surface area contributed by atoms with Crippen LogP contribution in [0.25, 0.3) is 17.3 Å². The van der Waals surface area contributed by atoms with Gasteiger partial charge in [0.1, 0.15) is 0 Å². The second-order valence-corrected chi connectivity index (χ2v) is 4.83. The molecule has 0 radical (unpaired) electrons. The van der Waals surface area contributed by atoms with Crippen LogP contribution in [0, 0.1) is 6.92 Å². The zero-order valence-corrected chi connectivity index (χ0v) is 10.4. The van der Waals surface area contributed by atoms with Gasteiger partial charge in [-0.15, -0.1) is 11.3 Å². The van der Waals surface area contributed by atoms with Crippen molar-refractivity contribution < 1.29 is 0 Å². The fraction of sp³-hybridized carbons (Fsp3) is 0.0909. The van der Waals surface area contributed by atoms with Gasteiger partial charge < -0.3 is 5.73 Å². The Kier molecular flexibility index (Phi) is 2.52. The standard InChI is InChI=1S/C11H10N6S/c1-7-5-8(6-18-7)9-14-10(12)16-11(15-9)17-4-2-3-13-17/h2-6H,1H3,(H2,12,14,15,16). The van der Waals surface area contributed by atoms with Crippen molar-refractivity contribution in [2.75, 3.05) is 5.73 Å². The molecule has 90 valence electrons. The van der Waals surface area contributed by atoms with E-state index in [0.717, 1.165) is 5.56 Å². The summed E-state index contributed by atoms with van der Waals surface area (Å²) in [5.74, 6) is 1.18. The van der Waals surface area contributed by atoms with Crippen molar-refractivity contribution in [1.29, 1.82) is 0 Å². The molecular weight excluding hydrogens is 248 g/mol. The highest BCUT2D eigenvalue weighted by atomic mass is 32.1. The average Bonchev–Trinajstić information content (AvgIpc) is 2.98. The monoisotopic (exact) mass is 258 g/mol. The SMILES string of the molecule is Cc1cc(-c2nc(N)nc(-n3cccn3)n2)cs1. The fourth-order valence-corrected chi connectivity index (χ4v) is 2.24. The molecule has 7 heteroatoms. The molecule has 3 aromatic heterocycles. The molecule has 0 saturated carbocycles. The molecule has 3 heterocycles. The number of nitrogens with zero attached hydrogens (tertiary/aromatic N) is 5. The summed E-state index contributed by atoms with van der Waals surface area (Å²) in [5, 5.41) is 6.08. The number of thiophene rings is 1. The van der Waals surface area contributed by atoms with E-state index in [0.29, 0.717) is 11.8 Å². The topological polar surface area (TPSA) is 82.5 Å². The van der Waals surface area contributed by atoms with E-state index in [4.69, 9.17) is 5.73 Å². The maximum atomic E-state index is 5.71. The highest BCUT2D eigenvalue weighted by Gasteiger charge is 2.09. The minimum absolute atomic E-state index is 0.189. The molecule has 6 nitrogen and oxygen atoms in total. The Labute approximate surface area is 107 Å². The molecule has 0 aromatic carbocycles. The first kappa shape index (κ1) is 10.8. The third-order valence-electron chi connectivity index (χ3n) is 2.34. The molecule has 0 aliphatic heterocycles. The number of anilines is 1. The lowest BCUT2D eigenvalue weighted by Gasteiger charge is -2.03. The van der Waals surface area contributed by atoms with Gasteiger partial charge in [0.25, 0.3) is 5.95 Å². The Hall–Kier alpha value is -2.28. The van der Waals surface area contributed by atoms with E-state index in [-0.39, 0.29) is 5.95 Å². The third-order valence-corrected chi connectivity index (χ3v) is 3.20. The van der Waals surface area contributed by atoms with Gasteiger partial charge in [0.15, 0.2) is 5.82 Å². The van der Waals surface area contributed by atoms with E-state index in [1.165, 1.54) is 4.88 Å². The predicted molar refractivity (Wildman–Crippen MR) is 69.4 cm³/mol. The van der Waals surface area contributed by atoms with Crippen molar-refractivity contribution in [1.82, 2.24) is 24.7 Å². The number of nitrogen functional groups attached to an aromatic ring is 1. The molecule has 2 N–H and O–H groups in total. The van der Waals surface area contributed by atoms with Crippen LogP contribution in [0.4, 0.5) is 5.95 Å². The zero-order valence-electron chi connectivity index (χ0n) is 9.61. The smallest absolute Gasteiger partial charge is 0.255 e. The Bertz CT molecular complexity index is 673. The highest BCUT2D eigenvalue weighted by molar-refractivity contribution is 7.10. The molecule has 3 rings (SSSR count). The molecule has 0 saturated heterocycles. The van der Waals surface area contributed by atoms with Crippen molar-refractivity contribution in [3.63, 3.8) is 0 Å². The summed E-state index contributed by atoms with van der Waals surface area (Å²) in [4.78, 5) is 13.8. The number of nitrogens with two attached hydrogens (primary N) is 1. The number of aromatic nitrogens is 5. The minimum Gasteiger partial charge on any atom is -0.368 e. The minimum atomic E-state index is 0.189. The first-order chi connectivity index (χ1) is 8.72. The normalized spacial score (nSPS) is 10.7. The van der Waals surface area contributed by atoms with Crippen LogP contribution in [0.5, 0.6) is 0 Å². The van der Waals surface area contributed by atoms with Gasteiger partial charge >= 0.3 is 0 Å². The van der Waals surface area contributed by atoms with Crippen molar-refractivity contribution in [2.45, 2.75) is 6.92 Å². The Morgan fingerprint density at radius 3 is 2.83 bits per heavy atom. The molecule has 0 unspecified atom stereocenters. The van der Waals surface area contributed by atoms with Crippen LogP contribution < -0.4 is 5.73 Å². The molecule has 18 heavy (non-hydrogen) atoms. The summed E-state index contributed by atoms with van der Waals surface area (Å²) < 4.78 is 1.56. The van der Waals surface area contributed by atoms with Gasteiger partial charge in [-0.1, -0.05) is 0 Å². The van der Waals surface area contributed by atoms with E-state index >= 15 is 0 Å². The summed E-state index contributed by atoms with van der Waals surface area (Å²) in [6.45, 7) is 2.03. The quantitative estimate of drug-likeness (QED) is 0.756. The lowest BCUT2D eigenvalue weighted by Crippen LogP contribution is -2.07. The highest BCUT2D eigenvalue weighted by Crippen LogP contribution is 2.22. The van der Waals surface area contributed by atoms with E-state index in [1.807, 2.05) is 18.4 Å². The van der Waals surface area contributed by atoms with Crippen LogP contribution in [0.3, 0.4) is 0 Å². The molecule has 0 aliphatic rings. The average molecular weight is 258 g/mol. The van der Waals surface area contributed by atoms with E-state index in [9.17, 15) is 0 Å². The summed E-state index contributed by atoms with van der Waals surface area (Å²) in [6.07, 6.45) is 3.42. The number of hydrogen-bond donors (Lipinski definition) is 1. The van der Waals surface area contributed by atoms with Crippen LogP contribution in [0.15, 0.2) is 29.9 Å². The summed E-state index contributed by atoms with van der Waals surface area (Å²) >= 11 is 1.64. The maximum Gasteiger partial charge on any atom is 0.255 e. The van der Waals surface area contributed by atoms with Gasteiger partial charge in [-0.05, 0) is 19.1 Å². The first-order valence-corrected chi connectivity index (χ1v) is 6.17. The molecule has 3 aromatic rings. The molecular formula is C11H10N6S.